The zero-order chi connectivity index (χ0) is 16.1. The van der Waals surface area contributed by atoms with E-state index in [-0.39, 0.29) is 17.2 Å². The molecular weight excluding hydrogens is 328 g/mol. The third-order valence-corrected chi connectivity index (χ3v) is 5.26. The molecule has 0 radical (unpaired) electrons. The van der Waals surface area contributed by atoms with Crippen LogP contribution in [-0.2, 0) is 9.59 Å². The van der Waals surface area contributed by atoms with Gasteiger partial charge in [-0.05, 0) is 12.1 Å². The van der Waals surface area contributed by atoms with Crippen LogP contribution in [0, 0.1) is 0 Å². The summed E-state index contributed by atoms with van der Waals surface area (Å²) in [6.45, 7) is 0. The molecule has 1 aromatic rings. The maximum absolute atomic E-state index is 12.4. The SMILES string of the molecule is NC1(C(=O)c2ccco2)C(=O)N2C(C(=O)O)=C(C=S)CS[C@H]21. The van der Waals surface area contributed by atoms with E-state index < -0.39 is 28.6 Å². The molecule has 0 spiro atoms. The van der Waals surface area contributed by atoms with Crippen LogP contribution < -0.4 is 5.73 Å². The van der Waals surface area contributed by atoms with E-state index in [2.05, 4.69) is 0 Å². The first-order chi connectivity index (χ1) is 10.4. The van der Waals surface area contributed by atoms with Crippen LogP contribution in [0.1, 0.15) is 10.6 Å². The van der Waals surface area contributed by atoms with Gasteiger partial charge in [-0.1, -0.05) is 12.2 Å². The number of furan rings is 1. The quantitative estimate of drug-likeness (QED) is 0.351. The second-order valence-electron chi connectivity index (χ2n) is 4.81. The number of carboxylic acids is 1. The van der Waals surface area contributed by atoms with Crippen LogP contribution in [0.5, 0.6) is 0 Å². The minimum absolute atomic E-state index is 0.0300. The molecule has 1 fully saturated rings. The second kappa shape index (κ2) is 5.04. The maximum Gasteiger partial charge on any atom is 0.352 e. The van der Waals surface area contributed by atoms with Crippen molar-refractivity contribution in [3.05, 3.63) is 35.4 Å². The summed E-state index contributed by atoms with van der Waals surface area (Å²) in [6, 6.07) is 2.93. The Morgan fingerprint density at radius 2 is 2.32 bits per heavy atom. The summed E-state index contributed by atoms with van der Waals surface area (Å²) in [5, 5.41) is 9.74. The second-order valence-corrected chi connectivity index (χ2v) is 6.12. The lowest BCUT2D eigenvalue weighted by Crippen LogP contribution is -2.81. The van der Waals surface area contributed by atoms with Gasteiger partial charge in [-0.2, -0.15) is 0 Å². The average molecular weight is 338 g/mol. The Bertz CT molecular complexity index is 727. The highest BCUT2D eigenvalue weighted by atomic mass is 32.2. The number of hydrogen-bond acceptors (Lipinski definition) is 7. The van der Waals surface area contributed by atoms with Crippen LogP contribution in [0.25, 0.3) is 0 Å². The van der Waals surface area contributed by atoms with E-state index in [1.54, 1.807) is 0 Å². The molecule has 0 aromatic carbocycles. The molecule has 7 nitrogen and oxygen atoms in total. The van der Waals surface area contributed by atoms with Crippen LogP contribution in [-0.4, -0.2) is 49.7 Å². The molecule has 3 heterocycles. The minimum Gasteiger partial charge on any atom is -0.477 e. The largest absolute Gasteiger partial charge is 0.477 e. The molecule has 2 aliphatic heterocycles. The molecule has 1 saturated heterocycles. The Morgan fingerprint density at radius 3 is 2.86 bits per heavy atom. The fourth-order valence-electron chi connectivity index (χ4n) is 2.52. The van der Waals surface area contributed by atoms with Gasteiger partial charge in [-0.25, -0.2) is 4.79 Å². The van der Waals surface area contributed by atoms with E-state index in [1.807, 2.05) is 0 Å². The van der Waals surface area contributed by atoms with Crippen molar-refractivity contribution in [1.29, 1.82) is 0 Å². The van der Waals surface area contributed by atoms with Crippen molar-refractivity contribution in [2.24, 2.45) is 5.73 Å². The van der Waals surface area contributed by atoms with Crippen molar-refractivity contribution in [3.63, 3.8) is 0 Å². The molecule has 1 unspecified atom stereocenters. The molecule has 0 aliphatic carbocycles. The van der Waals surface area contributed by atoms with Gasteiger partial charge in [0.2, 0.25) is 5.78 Å². The predicted molar refractivity (Wildman–Crippen MR) is 81.4 cm³/mol. The van der Waals surface area contributed by atoms with Gasteiger partial charge in [-0.3, -0.25) is 14.5 Å². The lowest BCUT2D eigenvalue weighted by Gasteiger charge is -2.53. The van der Waals surface area contributed by atoms with Crippen LogP contribution in [0.2, 0.25) is 0 Å². The van der Waals surface area contributed by atoms with E-state index in [1.165, 1.54) is 35.5 Å². The number of aliphatic carboxylic acids is 1. The molecule has 2 atom stereocenters. The molecule has 0 bridgehead atoms. The van der Waals surface area contributed by atoms with Crippen molar-refractivity contribution in [1.82, 2.24) is 4.90 Å². The number of carboxylic acid groups (broad SMARTS) is 1. The number of β-lactam (4-membered cyclic amide) rings is 1. The first-order valence-electron chi connectivity index (χ1n) is 6.17. The van der Waals surface area contributed by atoms with Gasteiger partial charge in [0.1, 0.15) is 11.1 Å². The average Bonchev–Trinajstić information content (AvgIpc) is 3.05. The van der Waals surface area contributed by atoms with Crippen LogP contribution in [0.3, 0.4) is 0 Å². The molecule has 3 N–H and O–H groups in total. The standard InChI is InChI=1S/C13H10N2O5S2/c14-13(9(16)7-2-1-3-20-7)11(19)15-8(10(17)18)6(4-21)5-22-12(13)15/h1-4,12H,5,14H2,(H,17,18)/t12-,13?/m0/s1. The molecular formula is C13H10N2O5S2. The zero-order valence-corrected chi connectivity index (χ0v) is 12.6. The molecule has 1 amide bonds. The fourth-order valence-corrected chi connectivity index (χ4v) is 4.20. The number of rotatable bonds is 4. The lowest BCUT2D eigenvalue weighted by atomic mass is 9.82. The number of Topliss-reactive ketones (excluding diaryl/α,β-unsaturated/α-hetero) is 1. The number of carbonyl (C=O) groups excluding carboxylic acids is 2. The Kier molecular flexibility index (Phi) is 3.42. The van der Waals surface area contributed by atoms with E-state index in [4.69, 9.17) is 22.4 Å². The Hall–Kier alpha value is -1.97. The Labute approximate surface area is 134 Å². The van der Waals surface area contributed by atoms with Gasteiger partial charge < -0.3 is 15.3 Å². The summed E-state index contributed by atoms with van der Waals surface area (Å²) < 4.78 is 5.00. The van der Waals surface area contributed by atoms with Crippen molar-refractivity contribution in [2.45, 2.75) is 10.9 Å². The summed E-state index contributed by atoms with van der Waals surface area (Å²) in [7, 11) is 0. The molecule has 0 saturated carbocycles. The number of fused-ring (bicyclic) bond motifs is 1. The summed E-state index contributed by atoms with van der Waals surface area (Å²) in [5.74, 6) is -2.46. The van der Waals surface area contributed by atoms with Gasteiger partial charge in [0.25, 0.3) is 5.91 Å². The summed E-state index contributed by atoms with van der Waals surface area (Å²) in [5.41, 5.74) is 4.33. The number of thioether (sulfide) groups is 1. The number of nitrogens with zero attached hydrogens (tertiary/aromatic N) is 1. The van der Waals surface area contributed by atoms with Gasteiger partial charge >= 0.3 is 5.97 Å². The Morgan fingerprint density at radius 1 is 1.59 bits per heavy atom. The van der Waals surface area contributed by atoms with E-state index in [0.29, 0.717) is 5.57 Å². The van der Waals surface area contributed by atoms with E-state index in [0.717, 1.165) is 4.90 Å². The molecule has 22 heavy (non-hydrogen) atoms. The number of carbonyl (C=O) groups is 3. The lowest BCUT2D eigenvalue weighted by molar-refractivity contribution is -0.151. The predicted octanol–water partition coefficient (Wildman–Crippen LogP) is 0.413. The first kappa shape index (κ1) is 14.9. The fraction of sp³-hybridized carbons (Fsp3) is 0.231. The Balaban J connectivity index is 2.00. The van der Waals surface area contributed by atoms with Crippen molar-refractivity contribution >= 4 is 47.0 Å². The third kappa shape index (κ3) is 1.79. The highest BCUT2D eigenvalue weighted by Crippen LogP contribution is 2.45. The van der Waals surface area contributed by atoms with Gasteiger partial charge in [0.05, 0.1) is 6.26 Å². The summed E-state index contributed by atoms with van der Waals surface area (Å²) in [6.07, 6.45) is 1.30. The number of hydrogen-bond donors (Lipinski definition) is 2. The third-order valence-electron chi connectivity index (χ3n) is 3.60. The molecule has 2 aliphatic rings. The number of amides is 1. The number of thiocarbonyl (C=S) groups is 1. The maximum atomic E-state index is 12.4. The minimum atomic E-state index is -1.82. The normalized spacial score (nSPS) is 27.2. The van der Waals surface area contributed by atoms with E-state index in [9.17, 15) is 19.5 Å². The monoisotopic (exact) mass is 338 g/mol. The highest BCUT2D eigenvalue weighted by Gasteiger charge is 2.67. The molecule has 3 rings (SSSR count). The van der Waals surface area contributed by atoms with Crippen molar-refractivity contribution < 1.29 is 23.9 Å². The van der Waals surface area contributed by atoms with Crippen LogP contribution in [0.4, 0.5) is 0 Å². The van der Waals surface area contributed by atoms with Crippen LogP contribution in [0.15, 0.2) is 34.1 Å². The van der Waals surface area contributed by atoms with E-state index >= 15 is 0 Å². The van der Waals surface area contributed by atoms with Crippen LogP contribution >= 0.6 is 24.0 Å². The molecule has 114 valence electrons. The topological polar surface area (TPSA) is 114 Å². The number of ketones is 1. The van der Waals surface area contributed by atoms with Gasteiger partial charge in [0, 0.05) is 16.7 Å². The smallest absolute Gasteiger partial charge is 0.352 e. The summed E-state index contributed by atoms with van der Waals surface area (Å²) in [4.78, 5) is 37.3. The van der Waals surface area contributed by atoms with Gasteiger partial charge in [0.15, 0.2) is 11.3 Å². The molecule has 9 heteroatoms. The zero-order valence-electron chi connectivity index (χ0n) is 11.0. The molecule has 1 aromatic heterocycles. The van der Waals surface area contributed by atoms with Crippen molar-refractivity contribution in [2.75, 3.05) is 5.75 Å². The first-order valence-corrected chi connectivity index (χ1v) is 7.69. The van der Waals surface area contributed by atoms with Gasteiger partial charge in [-0.15, -0.1) is 11.8 Å². The summed E-state index contributed by atoms with van der Waals surface area (Å²) >= 11 is 5.99. The van der Waals surface area contributed by atoms with Crippen molar-refractivity contribution in [3.8, 4) is 0 Å². The number of nitrogens with two attached hydrogens (primary N) is 1. The highest BCUT2D eigenvalue weighted by molar-refractivity contribution is 8.00.